The summed E-state index contributed by atoms with van der Waals surface area (Å²) in [6, 6.07) is 9.94. The average molecular weight is 472 g/mol. The second-order valence-electron chi connectivity index (χ2n) is 7.14. The first-order chi connectivity index (χ1) is 14.6. The molecule has 0 spiro atoms. The molecule has 4 rings (SSSR count). The maximum atomic E-state index is 12.4. The van der Waals surface area contributed by atoms with Crippen LogP contribution in [0.2, 0.25) is 0 Å². The third-order valence-corrected chi connectivity index (χ3v) is 5.45. The summed E-state index contributed by atoms with van der Waals surface area (Å²) in [5.41, 5.74) is 1.10. The van der Waals surface area contributed by atoms with Crippen molar-refractivity contribution in [1.29, 1.82) is 0 Å². The quantitative estimate of drug-likeness (QED) is 0.571. The molecule has 1 aliphatic heterocycles. The molecule has 2 amide bonds. The summed E-state index contributed by atoms with van der Waals surface area (Å²) in [7, 11) is 0. The topological polar surface area (TPSA) is 102 Å². The molecule has 0 saturated carbocycles. The number of hydrogen-bond donors (Lipinski definition) is 2. The monoisotopic (exact) mass is 471 g/mol. The van der Waals surface area contributed by atoms with Crippen molar-refractivity contribution in [3.63, 3.8) is 0 Å². The van der Waals surface area contributed by atoms with Crippen molar-refractivity contribution in [3.8, 4) is 0 Å². The molecular weight excluding hydrogens is 450 g/mol. The van der Waals surface area contributed by atoms with E-state index in [2.05, 4.69) is 41.3 Å². The largest absolute Gasteiger partial charge is 0.444 e. The Morgan fingerprint density at radius 3 is 2.63 bits per heavy atom. The number of hydrogen-bond acceptors (Lipinski definition) is 5. The summed E-state index contributed by atoms with van der Waals surface area (Å²) in [6.07, 6.45) is 5.13. The Bertz CT molecular complexity index is 1040. The summed E-state index contributed by atoms with van der Waals surface area (Å²) in [4.78, 5) is 24.5. The van der Waals surface area contributed by atoms with Gasteiger partial charge in [-0.25, -0.2) is 0 Å². The number of carbonyl (C=O) groups is 2. The summed E-state index contributed by atoms with van der Waals surface area (Å²) in [6.45, 7) is 1.44. The highest BCUT2D eigenvalue weighted by Crippen LogP contribution is 2.17. The van der Waals surface area contributed by atoms with E-state index in [4.69, 9.17) is 4.42 Å². The molecule has 0 aliphatic carbocycles. The van der Waals surface area contributed by atoms with Crippen molar-refractivity contribution >= 4 is 33.4 Å². The molecular formula is C21H22BrN5O3. The number of amides is 2. The number of anilines is 1. The number of benzene rings is 1. The van der Waals surface area contributed by atoms with E-state index in [9.17, 15) is 9.59 Å². The SMILES string of the molecule is O=C(NCCc1nnc2n1CCCCC2)c1ccc(NC(=O)c2ccc(Br)o2)cc1. The molecule has 2 aromatic heterocycles. The van der Waals surface area contributed by atoms with Gasteiger partial charge in [-0.15, -0.1) is 10.2 Å². The van der Waals surface area contributed by atoms with E-state index in [1.807, 2.05) is 0 Å². The Morgan fingerprint density at radius 2 is 1.87 bits per heavy atom. The van der Waals surface area contributed by atoms with E-state index in [1.54, 1.807) is 36.4 Å². The van der Waals surface area contributed by atoms with Crippen molar-refractivity contribution in [2.45, 2.75) is 38.6 Å². The lowest BCUT2D eigenvalue weighted by Gasteiger charge is -2.09. The molecule has 3 heterocycles. The van der Waals surface area contributed by atoms with Gasteiger partial charge in [0.1, 0.15) is 11.6 Å². The average Bonchev–Trinajstić information content (AvgIpc) is 3.27. The molecule has 3 aromatic rings. The molecule has 1 aliphatic rings. The number of aromatic nitrogens is 3. The van der Waals surface area contributed by atoms with Gasteiger partial charge in [-0.1, -0.05) is 6.42 Å². The lowest BCUT2D eigenvalue weighted by atomic mass is 10.2. The Morgan fingerprint density at radius 1 is 1.03 bits per heavy atom. The molecule has 0 saturated heterocycles. The van der Waals surface area contributed by atoms with E-state index >= 15 is 0 Å². The number of fused-ring (bicyclic) bond motifs is 1. The molecule has 1 aromatic carbocycles. The number of aryl methyl sites for hydroxylation is 1. The smallest absolute Gasteiger partial charge is 0.291 e. The molecule has 9 heteroatoms. The van der Waals surface area contributed by atoms with Crippen LogP contribution in [0.4, 0.5) is 5.69 Å². The molecule has 0 radical (unpaired) electrons. The standard InChI is InChI=1S/C21H22BrN5O3/c22-17-10-9-16(30-17)21(29)24-15-7-5-14(6-8-15)20(28)23-12-11-19-26-25-18-4-2-1-3-13-27(18)19/h5-10H,1-4,11-13H2,(H,23,28)(H,24,29). The van der Waals surface area contributed by atoms with E-state index in [-0.39, 0.29) is 17.6 Å². The summed E-state index contributed by atoms with van der Waals surface area (Å²) >= 11 is 3.17. The van der Waals surface area contributed by atoms with Gasteiger partial charge in [-0.3, -0.25) is 9.59 Å². The lowest BCUT2D eigenvalue weighted by molar-refractivity contribution is 0.0953. The fourth-order valence-corrected chi connectivity index (χ4v) is 3.76. The van der Waals surface area contributed by atoms with Gasteiger partial charge in [0.25, 0.3) is 11.8 Å². The molecule has 8 nitrogen and oxygen atoms in total. The van der Waals surface area contributed by atoms with Crippen molar-refractivity contribution in [3.05, 3.63) is 64.0 Å². The van der Waals surface area contributed by atoms with Gasteiger partial charge >= 0.3 is 0 Å². The molecule has 0 bridgehead atoms. The third kappa shape index (κ3) is 4.79. The number of carbonyl (C=O) groups excluding carboxylic acids is 2. The van der Waals surface area contributed by atoms with E-state index in [1.165, 1.54) is 6.42 Å². The second-order valence-corrected chi connectivity index (χ2v) is 7.92. The zero-order chi connectivity index (χ0) is 20.9. The van der Waals surface area contributed by atoms with Gasteiger partial charge in [-0.2, -0.15) is 0 Å². The Labute approximate surface area is 182 Å². The minimum Gasteiger partial charge on any atom is -0.444 e. The van der Waals surface area contributed by atoms with Crippen LogP contribution in [0.15, 0.2) is 45.5 Å². The zero-order valence-corrected chi connectivity index (χ0v) is 17.9. The maximum absolute atomic E-state index is 12.4. The fraction of sp³-hybridized carbons (Fsp3) is 0.333. The lowest BCUT2D eigenvalue weighted by Crippen LogP contribution is -2.26. The van der Waals surface area contributed by atoms with Crippen LogP contribution in [0, 0.1) is 0 Å². The highest BCUT2D eigenvalue weighted by molar-refractivity contribution is 9.10. The van der Waals surface area contributed by atoms with Crippen LogP contribution in [-0.2, 0) is 19.4 Å². The van der Waals surface area contributed by atoms with Gasteiger partial charge in [0.15, 0.2) is 10.4 Å². The Hall–Kier alpha value is -2.94. The number of nitrogens with zero attached hydrogens (tertiary/aromatic N) is 3. The maximum Gasteiger partial charge on any atom is 0.291 e. The summed E-state index contributed by atoms with van der Waals surface area (Å²) in [5.74, 6) is 1.65. The number of rotatable bonds is 6. The minimum absolute atomic E-state index is 0.168. The predicted molar refractivity (Wildman–Crippen MR) is 114 cm³/mol. The number of halogens is 1. The van der Waals surface area contributed by atoms with Crippen LogP contribution in [-0.4, -0.2) is 33.1 Å². The van der Waals surface area contributed by atoms with E-state index in [0.29, 0.717) is 28.9 Å². The molecule has 30 heavy (non-hydrogen) atoms. The van der Waals surface area contributed by atoms with Gasteiger partial charge in [-0.05, 0) is 65.2 Å². The molecule has 156 valence electrons. The number of furan rings is 1. The minimum atomic E-state index is -0.356. The van der Waals surface area contributed by atoms with Gasteiger partial charge < -0.3 is 19.6 Å². The van der Waals surface area contributed by atoms with Crippen LogP contribution >= 0.6 is 15.9 Å². The second kappa shape index (κ2) is 9.25. The molecule has 0 unspecified atom stereocenters. The van der Waals surface area contributed by atoms with Crippen LogP contribution in [0.5, 0.6) is 0 Å². The fourth-order valence-electron chi connectivity index (χ4n) is 3.45. The predicted octanol–water partition coefficient (Wildman–Crippen LogP) is 3.58. The number of nitrogens with one attached hydrogen (secondary N) is 2. The first kappa shape index (κ1) is 20.3. The van der Waals surface area contributed by atoms with E-state index in [0.717, 1.165) is 37.5 Å². The Kier molecular flexibility index (Phi) is 6.27. The zero-order valence-electron chi connectivity index (χ0n) is 16.4. The van der Waals surface area contributed by atoms with Gasteiger partial charge in [0.05, 0.1) is 0 Å². The van der Waals surface area contributed by atoms with Crippen molar-refractivity contribution in [1.82, 2.24) is 20.1 Å². The summed E-state index contributed by atoms with van der Waals surface area (Å²) < 4.78 is 7.90. The Balaban J connectivity index is 1.29. The van der Waals surface area contributed by atoms with Crippen molar-refractivity contribution in [2.75, 3.05) is 11.9 Å². The molecule has 2 N–H and O–H groups in total. The van der Waals surface area contributed by atoms with Crippen LogP contribution in [0.3, 0.4) is 0 Å². The molecule has 0 fully saturated rings. The van der Waals surface area contributed by atoms with E-state index < -0.39 is 0 Å². The first-order valence-corrected chi connectivity index (χ1v) is 10.8. The van der Waals surface area contributed by atoms with Crippen LogP contribution in [0.25, 0.3) is 0 Å². The first-order valence-electron chi connectivity index (χ1n) is 9.96. The summed E-state index contributed by atoms with van der Waals surface area (Å²) in [5, 5.41) is 14.2. The van der Waals surface area contributed by atoms with Crippen LogP contribution < -0.4 is 10.6 Å². The third-order valence-electron chi connectivity index (χ3n) is 5.02. The van der Waals surface area contributed by atoms with Crippen molar-refractivity contribution in [2.24, 2.45) is 0 Å². The normalized spacial score (nSPS) is 13.4. The molecule has 0 atom stereocenters. The van der Waals surface area contributed by atoms with Gasteiger partial charge in [0, 0.05) is 37.2 Å². The van der Waals surface area contributed by atoms with Crippen LogP contribution in [0.1, 0.15) is 51.8 Å². The van der Waals surface area contributed by atoms with Gasteiger partial charge in [0.2, 0.25) is 0 Å². The van der Waals surface area contributed by atoms with Crippen molar-refractivity contribution < 1.29 is 14.0 Å². The highest BCUT2D eigenvalue weighted by Gasteiger charge is 2.15. The highest BCUT2D eigenvalue weighted by atomic mass is 79.9.